The standard InChI is InChI=1S/C19H15N3OS/c23-19(11-14-8-10-24-13-14)20-16-6-4-15(5-7-16)17-12-22-9-2-1-3-18(22)21-17/h1-10,12-13H,11H2,(H,20,23). The van der Waals surface area contributed by atoms with Gasteiger partial charge in [-0.15, -0.1) is 0 Å². The Morgan fingerprint density at radius 2 is 2.00 bits per heavy atom. The van der Waals surface area contributed by atoms with Crippen molar-refractivity contribution < 1.29 is 4.79 Å². The van der Waals surface area contributed by atoms with Crippen LogP contribution in [0.1, 0.15) is 5.56 Å². The zero-order valence-corrected chi connectivity index (χ0v) is 13.7. The third-order valence-electron chi connectivity index (χ3n) is 3.77. The highest BCUT2D eigenvalue weighted by Crippen LogP contribution is 2.21. The highest BCUT2D eigenvalue weighted by molar-refractivity contribution is 7.08. The fourth-order valence-corrected chi connectivity index (χ4v) is 3.25. The molecule has 0 atom stereocenters. The maximum atomic E-state index is 12.0. The number of nitrogens with zero attached hydrogens (tertiary/aromatic N) is 2. The minimum absolute atomic E-state index is 0.00567. The summed E-state index contributed by atoms with van der Waals surface area (Å²) in [6, 6.07) is 15.7. The van der Waals surface area contributed by atoms with E-state index in [0.717, 1.165) is 28.2 Å². The smallest absolute Gasteiger partial charge is 0.228 e. The molecule has 3 aromatic heterocycles. The zero-order chi connectivity index (χ0) is 16.4. The lowest BCUT2D eigenvalue weighted by Crippen LogP contribution is -2.13. The Balaban J connectivity index is 1.49. The number of imidazole rings is 1. The van der Waals surface area contributed by atoms with Crippen LogP contribution in [-0.2, 0) is 11.2 Å². The topological polar surface area (TPSA) is 46.4 Å². The minimum atomic E-state index is -0.00567. The molecule has 0 bridgehead atoms. The van der Waals surface area contributed by atoms with E-state index in [1.165, 1.54) is 0 Å². The van der Waals surface area contributed by atoms with Crippen LogP contribution in [0.15, 0.2) is 71.7 Å². The van der Waals surface area contributed by atoms with Gasteiger partial charge in [0.25, 0.3) is 0 Å². The maximum absolute atomic E-state index is 12.0. The Hall–Kier alpha value is -2.92. The van der Waals surface area contributed by atoms with E-state index in [9.17, 15) is 4.79 Å². The average Bonchev–Trinajstić information content (AvgIpc) is 3.24. The number of fused-ring (bicyclic) bond motifs is 1. The van der Waals surface area contributed by atoms with Crippen LogP contribution in [0.2, 0.25) is 0 Å². The number of rotatable bonds is 4. The van der Waals surface area contributed by atoms with Gasteiger partial charge in [0.15, 0.2) is 0 Å². The molecule has 0 saturated heterocycles. The number of hydrogen-bond acceptors (Lipinski definition) is 3. The number of nitrogens with one attached hydrogen (secondary N) is 1. The van der Waals surface area contributed by atoms with E-state index in [4.69, 9.17) is 0 Å². The Labute approximate surface area is 143 Å². The van der Waals surface area contributed by atoms with Crippen molar-refractivity contribution >= 4 is 28.6 Å². The van der Waals surface area contributed by atoms with E-state index in [1.54, 1.807) is 11.3 Å². The molecule has 0 spiro atoms. The van der Waals surface area contributed by atoms with Crippen molar-refractivity contribution in [3.8, 4) is 11.3 Å². The molecule has 1 amide bonds. The van der Waals surface area contributed by atoms with Gasteiger partial charge < -0.3 is 9.72 Å². The van der Waals surface area contributed by atoms with Crippen LogP contribution in [0, 0.1) is 0 Å². The van der Waals surface area contributed by atoms with E-state index in [1.807, 2.05) is 76.1 Å². The first-order valence-corrected chi connectivity index (χ1v) is 8.57. The Bertz CT molecular complexity index is 938. The van der Waals surface area contributed by atoms with Gasteiger partial charge in [0, 0.05) is 23.6 Å². The van der Waals surface area contributed by atoms with Gasteiger partial charge in [-0.3, -0.25) is 4.79 Å². The Morgan fingerprint density at radius 3 is 2.75 bits per heavy atom. The first-order valence-electron chi connectivity index (χ1n) is 7.63. The van der Waals surface area contributed by atoms with E-state index >= 15 is 0 Å². The van der Waals surface area contributed by atoms with Gasteiger partial charge in [-0.05, 0) is 46.7 Å². The molecule has 0 aliphatic rings. The van der Waals surface area contributed by atoms with Crippen LogP contribution in [0.25, 0.3) is 16.9 Å². The number of amides is 1. The lowest BCUT2D eigenvalue weighted by Gasteiger charge is -2.05. The van der Waals surface area contributed by atoms with Crippen LogP contribution in [0.4, 0.5) is 5.69 Å². The van der Waals surface area contributed by atoms with Crippen molar-refractivity contribution in [2.75, 3.05) is 5.32 Å². The number of pyridine rings is 1. The van der Waals surface area contributed by atoms with E-state index in [0.29, 0.717) is 6.42 Å². The molecule has 0 fully saturated rings. The van der Waals surface area contributed by atoms with E-state index in [2.05, 4.69) is 10.3 Å². The second-order valence-electron chi connectivity index (χ2n) is 5.53. The second-order valence-corrected chi connectivity index (χ2v) is 6.31. The van der Waals surface area contributed by atoms with Crippen LogP contribution in [-0.4, -0.2) is 15.3 Å². The molecule has 0 radical (unpaired) electrons. The molecule has 118 valence electrons. The van der Waals surface area contributed by atoms with Gasteiger partial charge in [0.2, 0.25) is 5.91 Å². The molecule has 1 aromatic carbocycles. The molecular weight excluding hydrogens is 318 g/mol. The van der Waals surface area contributed by atoms with E-state index in [-0.39, 0.29) is 5.91 Å². The van der Waals surface area contributed by atoms with Gasteiger partial charge in [0.1, 0.15) is 5.65 Å². The van der Waals surface area contributed by atoms with Crippen LogP contribution in [0.3, 0.4) is 0 Å². The van der Waals surface area contributed by atoms with Crippen LogP contribution in [0.5, 0.6) is 0 Å². The molecule has 5 heteroatoms. The van der Waals surface area contributed by atoms with Gasteiger partial charge in [-0.2, -0.15) is 11.3 Å². The Morgan fingerprint density at radius 1 is 1.12 bits per heavy atom. The number of carbonyl (C=O) groups excluding carboxylic acids is 1. The number of hydrogen-bond donors (Lipinski definition) is 1. The summed E-state index contributed by atoms with van der Waals surface area (Å²) in [5, 5.41) is 6.90. The molecule has 3 heterocycles. The molecule has 4 aromatic rings. The summed E-state index contributed by atoms with van der Waals surface area (Å²) < 4.78 is 1.99. The van der Waals surface area contributed by atoms with Gasteiger partial charge in [0.05, 0.1) is 12.1 Å². The van der Waals surface area contributed by atoms with Crippen LogP contribution < -0.4 is 5.32 Å². The van der Waals surface area contributed by atoms with Crippen molar-refractivity contribution in [1.82, 2.24) is 9.38 Å². The van der Waals surface area contributed by atoms with Crippen molar-refractivity contribution in [1.29, 1.82) is 0 Å². The molecule has 0 unspecified atom stereocenters. The summed E-state index contributed by atoms with van der Waals surface area (Å²) in [5.41, 5.74) is 4.69. The predicted octanol–water partition coefficient (Wildman–Crippen LogP) is 4.24. The van der Waals surface area contributed by atoms with Crippen molar-refractivity contribution in [2.24, 2.45) is 0 Å². The predicted molar refractivity (Wildman–Crippen MR) is 97.3 cm³/mol. The SMILES string of the molecule is O=C(Cc1ccsc1)Nc1ccc(-c2cn3ccccc3n2)cc1. The lowest BCUT2D eigenvalue weighted by molar-refractivity contribution is -0.115. The monoisotopic (exact) mass is 333 g/mol. The number of anilines is 1. The summed E-state index contributed by atoms with van der Waals surface area (Å²) in [4.78, 5) is 16.6. The summed E-state index contributed by atoms with van der Waals surface area (Å²) in [7, 11) is 0. The zero-order valence-electron chi connectivity index (χ0n) is 12.8. The fraction of sp³-hybridized carbons (Fsp3) is 0.0526. The third-order valence-corrected chi connectivity index (χ3v) is 4.51. The summed E-state index contributed by atoms with van der Waals surface area (Å²) in [6.07, 6.45) is 4.38. The largest absolute Gasteiger partial charge is 0.326 e. The first-order chi connectivity index (χ1) is 11.8. The van der Waals surface area contributed by atoms with Crippen molar-refractivity contribution in [2.45, 2.75) is 6.42 Å². The highest BCUT2D eigenvalue weighted by atomic mass is 32.1. The molecule has 24 heavy (non-hydrogen) atoms. The number of aromatic nitrogens is 2. The molecule has 0 aliphatic carbocycles. The normalized spacial score (nSPS) is 10.8. The molecule has 4 nitrogen and oxygen atoms in total. The summed E-state index contributed by atoms with van der Waals surface area (Å²) >= 11 is 1.60. The molecular formula is C19H15N3OS. The van der Waals surface area contributed by atoms with Crippen molar-refractivity contribution in [3.05, 3.63) is 77.2 Å². The first kappa shape index (κ1) is 14.7. The molecule has 1 N–H and O–H groups in total. The molecule has 4 rings (SSSR count). The van der Waals surface area contributed by atoms with Crippen LogP contribution >= 0.6 is 11.3 Å². The van der Waals surface area contributed by atoms with Gasteiger partial charge >= 0.3 is 0 Å². The number of carbonyl (C=O) groups is 1. The maximum Gasteiger partial charge on any atom is 0.228 e. The quantitative estimate of drug-likeness (QED) is 0.607. The summed E-state index contributed by atoms with van der Waals surface area (Å²) in [5.74, 6) is -0.00567. The number of thiophene rings is 1. The summed E-state index contributed by atoms with van der Waals surface area (Å²) in [6.45, 7) is 0. The fourth-order valence-electron chi connectivity index (χ4n) is 2.58. The lowest BCUT2D eigenvalue weighted by atomic mass is 10.1. The van der Waals surface area contributed by atoms with Gasteiger partial charge in [-0.1, -0.05) is 18.2 Å². The highest BCUT2D eigenvalue weighted by Gasteiger charge is 2.06. The Kier molecular flexibility index (Phi) is 3.84. The molecule has 0 aliphatic heterocycles. The van der Waals surface area contributed by atoms with Crippen molar-refractivity contribution in [3.63, 3.8) is 0 Å². The second kappa shape index (κ2) is 6.29. The van der Waals surface area contributed by atoms with Gasteiger partial charge in [-0.25, -0.2) is 4.98 Å². The third kappa shape index (κ3) is 3.07. The average molecular weight is 333 g/mol. The number of benzene rings is 1. The molecule has 0 saturated carbocycles. The minimum Gasteiger partial charge on any atom is -0.326 e. The van der Waals surface area contributed by atoms with E-state index < -0.39 is 0 Å².